The maximum atomic E-state index is 12.4. The van der Waals surface area contributed by atoms with Crippen molar-refractivity contribution in [2.24, 2.45) is 0 Å². The molecule has 1 aliphatic rings. The first-order valence-electron chi connectivity index (χ1n) is 2.70. The molecule has 0 amide bonds. The molecule has 1 rings (SSSR count). The minimum Gasteiger partial charge on any atom is -0.206 e. The lowest BCUT2D eigenvalue weighted by molar-refractivity contribution is 0.646. The Hall–Kier alpha value is -0.235. The SMILES string of the molecule is [B]C1=CC(F)=C(Cl)CC1. The van der Waals surface area contributed by atoms with Crippen LogP contribution in [0, 0.1) is 0 Å². The normalized spacial score (nSPS) is 20.0. The van der Waals surface area contributed by atoms with Crippen molar-refractivity contribution in [3.8, 4) is 0 Å². The third-order valence-electron chi connectivity index (χ3n) is 1.20. The summed E-state index contributed by atoms with van der Waals surface area (Å²) in [5, 5.41) is 0.282. The summed E-state index contributed by atoms with van der Waals surface area (Å²) in [4.78, 5) is 0. The van der Waals surface area contributed by atoms with Crippen molar-refractivity contribution in [1.29, 1.82) is 0 Å². The Labute approximate surface area is 59.8 Å². The van der Waals surface area contributed by atoms with Crippen LogP contribution >= 0.6 is 11.6 Å². The molecular weight excluding hydrogens is 137 g/mol. The van der Waals surface area contributed by atoms with Gasteiger partial charge >= 0.3 is 0 Å². The molecule has 0 N–H and O–H groups in total. The fraction of sp³-hybridized carbons (Fsp3) is 0.333. The van der Waals surface area contributed by atoms with Gasteiger partial charge in [0.15, 0.2) is 0 Å². The monoisotopic (exact) mass is 142 g/mol. The molecule has 46 valence electrons. The van der Waals surface area contributed by atoms with E-state index < -0.39 is 0 Å². The van der Waals surface area contributed by atoms with E-state index in [0.29, 0.717) is 18.3 Å². The van der Waals surface area contributed by atoms with Crippen molar-refractivity contribution in [2.75, 3.05) is 0 Å². The van der Waals surface area contributed by atoms with Crippen LogP contribution in [0.4, 0.5) is 4.39 Å². The number of hydrogen-bond acceptors (Lipinski definition) is 0. The van der Waals surface area contributed by atoms with Crippen LogP contribution in [0.3, 0.4) is 0 Å². The second kappa shape index (κ2) is 2.57. The van der Waals surface area contributed by atoms with Gasteiger partial charge in [0.2, 0.25) is 0 Å². The maximum absolute atomic E-state index is 12.4. The van der Waals surface area contributed by atoms with Crippen LogP contribution < -0.4 is 0 Å². The molecule has 0 aromatic rings. The fourth-order valence-electron chi connectivity index (χ4n) is 0.687. The van der Waals surface area contributed by atoms with Crippen molar-refractivity contribution in [3.05, 3.63) is 22.4 Å². The molecule has 0 saturated carbocycles. The van der Waals surface area contributed by atoms with Crippen LogP contribution in [0.5, 0.6) is 0 Å². The predicted molar refractivity (Wildman–Crippen MR) is 37.1 cm³/mol. The van der Waals surface area contributed by atoms with Crippen molar-refractivity contribution in [3.63, 3.8) is 0 Å². The van der Waals surface area contributed by atoms with Crippen molar-refractivity contribution < 1.29 is 4.39 Å². The summed E-state index contributed by atoms with van der Waals surface area (Å²) in [5.74, 6) is -0.389. The Morgan fingerprint density at radius 1 is 1.56 bits per heavy atom. The van der Waals surface area contributed by atoms with E-state index in [1.165, 1.54) is 6.08 Å². The van der Waals surface area contributed by atoms with E-state index in [1.54, 1.807) is 0 Å². The smallest absolute Gasteiger partial charge is 0.136 e. The Bertz CT molecular complexity index is 183. The van der Waals surface area contributed by atoms with Gasteiger partial charge in [0.25, 0.3) is 0 Å². The molecule has 0 unspecified atom stereocenters. The summed E-state index contributed by atoms with van der Waals surface area (Å²) >= 11 is 5.44. The number of allylic oxidation sites excluding steroid dienone is 4. The van der Waals surface area contributed by atoms with E-state index in [1.807, 2.05) is 0 Å². The van der Waals surface area contributed by atoms with Crippen LogP contribution in [0.25, 0.3) is 0 Å². The van der Waals surface area contributed by atoms with Crippen LogP contribution in [-0.2, 0) is 0 Å². The second-order valence-corrected chi connectivity index (χ2v) is 2.43. The van der Waals surface area contributed by atoms with Gasteiger partial charge in [-0.1, -0.05) is 11.6 Å². The van der Waals surface area contributed by atoms with E-state index in [4.69, 9.17) is 19.4 Å². The van der Waals surface area contributed by atoms with Gasteiger partial charge in [-0.3, -0.25) is 0 Å². The van der Waals surface area contributed by atoms with Gasteiger partial charge in [-0.25, -0.2) is 4.39 Å². The van der Waals surface area contributed by atoms with Crippen LogP contribution in [0.15, 0.2) is 22.4 Å². The second-order valence-electron chi connectivity index (χ2n) is 1.97. The molecular formula is C6H5BClF. The van der Waals surface area contributed by atoms with Gasteiger partial charge in [-0.2, -0.15) is 0 Å². The summed E-state index contributed by atoms with van der Waals surface area (Å²) in [5.41, 5.74) is 0.567. The highest BCUT2D eigenvalue weighted by Crippen LogP contribution is 2.25. The summed E-state index contributed by atoms with van der Waals surface area (Å²) in [6, 6.07) is 0. The average Bonchev–Trinajstić information content (AvgIpc) is 1.80. The molecule has 0 aliphatic heterocycles. The fourth-order valence-corrected chi connectivity index (χ4v) is 0.836. The maximum Gasteiger partial charge on any atom is 0.136 e. The Balaban J connectivity index is 2.83. The lowest BCUT2D eigenvalue weighted by Crippen LogP contribution is -1.91. The van der Waals surface area contributed by atoms with E-state index in [-0.39, 0.29) is 10.9 Å². The zero-order valence-corrected chi connectivity index (χ0v) is 5.58. The molecule has 1 aliphatic carbocycles. The molecule has 0 bridgehead atoms. The summed E-state index contributed by atoms with van der Waals surface area (Å²) in [7, 11) is 5.32. The van der Waals surface area contributed by atoms with Gasteiger partial charge in [0, 0.05) is 0 Å². The first kappa shape index (κ1) is 6.88. The molecule has 0 spiro atoms. The van der Waals surface area contributed by atoms with E-state index in [0.717, 1.165) is 0 Å². The first-order chi connectivity index (χ1) is 4.20. The highest BCUT2D eigenvalue weighted by atomic mass is 35.5. The summed E-state index contributed by atoms with van der Waals surface area (Å²) in [6.07, 6.45) is 2.48. The largest absolute Gasteiger partial charge is 0.206 e. The zero-order valence-electron chi connectivity index (χ0n) is 4.82. The predicted octanol–water partition coefficient (Wildman–Crippen LogP) is 2.25. The van der Waals surface area contributed by atoms with Crippen molar-refractivity contribution in [2.45, 2.75) is 12.8 Å². The standard InChI is InChI=1S/C6H5BClF/c7-4-1-2-5(8)6(9)3-4/h3H,1-2H2. The quantitative estimate of drug-likeness (QED) is 0.455. The molecule has 2 radical (unpaired) electrons. The van der Waals surface area contributed by atoms with Crippen LogP contribution in [0.1, 0.15) is 12.8 Å². The molecule has 0 aromatic carbocycles. The minimum absolute atomic E-state index is 0.282. The number of halogens is 2. The Morgan fingerprint density at radius 2 is 2.22 bits per heavy atom. The highest BCUT2D eigenvalue weighted by molar-refractivity contribution is 6.30. The topological polar surface area (TPSA) is 0 Å². The molecule has 0 heterocycles. The lowest BCUT2D eigenvalue weighted by Gasteiger charge is -2.07. The molecule has 0 fully saturated rings. The molecule has 0 nitrogen and oxygen atoms in total. The number of rotatable bonds is 0. The van der Waals surface area contributed by atoms with Crippen molar-refractivity contribution >= 4 is 19.4 Å². The van der Waals surface area contributed by atoms with Gasteiger partial charge in [0.1, 0.15) is 13.7 Å². The summed E-state index contributed by atoms with van der Waals surface area (Å²) < 4.78 is 12.4. The first-order valence-corrected chi connectivity index (χ1v) is 3.08. The summed E-state index contributed by atoms with van der Waals surface area (Å²) in [6.45, 7) is 0. The van der Waals surface area contributed by atoms with Crippen LogP contribution in [0.2, 0.25) is 0 Å². The molecule has 0 saturated heterocycles. The van der Waals surface area contributed by atoms with Crippen LogP contribution in [-0.4, -0.2) is 7.85 Å². The molecule has 0 atom stereocenters. The van der Waals surface area contributed by atoms with Crippen molar-refractivity contribution in [1.82, 2.24) is 0 Å². The molecule has 0 aromatic heterocycles. The third-order valence-corrected chi connectivity index (χ3v) is 1.57. The van der Waals surface area contributed by atoms with Gasteiger partial charge in [-0.15, -0.1) is 5.47 Å². The van der Waals surface area contributed by atoms with E-state index in [2.05, 4.69) is 0 Å². The molecule has 3 heteroatoms. The molecule has 9 heavy (non-hydrogen) atoms. The van der Waals surface area contributed by atoms with Gasteiger partial charge in [0.05, 0.1) is 5.03 Å². The number of hydrogen-bond donors (Lipinski definition) is 0. The van der Waals surface area contributed by atoms with Gasteiger partial charge < -0.3 is 0 Å². The average molecular weight is 142 g/mol. The van der Waals surface area contributed by atoms with Gasteiger partial charge in [-0.05, 0) is 18.9 Å². The lowest BCUT2D eigenvalue weighted by atomic mass is 9.88. The minimum atomic E-state index is -0.389. The highest BCUT2D eigenvalue weighted by Gasteiger charge is 2.07. The Kier molecular flexibility index (Phi) is 1.96. The zero-order chi connectivity index (χ0) is 6.85. The van der Waals surface area contributed by atoms with E-state index >= 15 is 0 Å². The third kappa shape index (κ3) is 1.58. The Morgan fingerprint density at radius 3 is 2.67 bits per heavy atom. The van der Waals surface area contributed by atoms with E-state index in [9.17, 15) is 4.39 Å².